The lowest BCUT2D eigenvalue weighted by Crippen LogP contribution is -2.35. The zero-order chi connectivity index (χ0) is 14.1. The molecule has 0 spiro atoms. The first kappa shape index (κ1) is 12.9. The lowest BCUT2D eigenvalue weighted by molar-refractivity contribution is 0.0724. The molecule has 0 aromatic heterocycles. The molecule has 3 rings (SSSR count). The third-order valence-electron chi connectivity index (χ3n) is 3.78. The topological polar surface area (TPSA) is 40.5 Å². The minimum absolute atomic E-state index is 0.0534. The number of phenols is 1. The first-order chi connectivity index (χ1) is 9.65. The molecule has 20 heavy (non-hydrogen) atoms. The minimum Gasteiger partial charge on any atom is -0.507 e. The Morgan fingerprint density at radius 3 is 2.60 bits per heavy atom. The van der Waals surface area contributed by atoms with Crippen molar-refractivity contribution in [1.82, 2.24) is 4.90 Å². The smallest absolute Gasteiger partial charge is 0.254 e. The molecule has 1 amide bonds. The Kier molecular flexibility index (Phi) is 3.30. The number of halogens is 1. The van der Waals surface area contributed by atoms with Crippen LogP contribution in [0.1, 0.15) is 29.6 Å². The fraction of sp³-hybridized carbons (Fsp3) is 0.312. The zero-order valence-electron chi connectivity index (χ0n) is 11.1. The van der Waals surface area contributed by atoms with Crippen LogP contribution in [0.25, 0.3) is 10.8 Å². The Bertz CT molecular complexity index is 663. The van der Waals surface area contributed by atoms with Crippen LogP contribution in [0, 0.1) is 5.82 Å². The molecule has 0 radical (unpaired) electrons. The fourth-order valence-electron chi connectivity index (χ4n) is 2.71. The fourth-order valence-corrected chi connectivity index (χ4v) is 2.71. The number of rotatable bonds is 1. The van der Waals surface area contributed by atoms with Crippen molar-refractivity contribution in [2.45, 2.75) is 19.3 Å². The summed E-state index contributed by atoms with van der Waals surface area (Å²) in [5, 5.41) is 11.1. The van der Waals surface area contributed by atoms with E-state index in [2.05, 4.69) is 0 Å². The number of hydrogen-bond acceptors (Lipinski definition) is 2. The van der Waals surface area contributed by atoms with E-state index in [0.717, 1.165) is 32.4 Å². The molecule has 0 saturated carbocycles. The van der Waals surface area contributed by atoms with E-state index >= 15 is 0 Å². The van der Waals surface area contributed by atoms with Gasteiger partial charge in [0.05, 0.1) is 0 Å². The number of fused-ring (bicyclic) bond motifs is 1. The summed E-state index contributed by atoms with van der Waals surface area (Å²) in [4.78, 5) is 14.2. The predicted octanol–water partition coefficient (Wildman–Crippen LogP) is 3.31. The molecule has 0 bridgehead atoms. The molecule has 0 aliphatic carbocycles. The molecule has 1 aliphatic rings. The summed E-state index contributed by atoms with van der Waals surface area (Å²) in [7, 11) is 0. The van der Waals surface area contributed by atoms with Gasteiger partial charge in [0, 0.05) is 24.0 Å². The molecule has 4 heteroatoms. The van der Waals surface area contributed by atoms with E-state index in [1.54, 1.807) is 12.1 Å². The second-order valence-electron chi connectivity index (χ2n) is 5.21. The highest BCUT2D eigenvalue weighted by Gasteiger charge is 2.19. The second kappa shape index (κ2) is 5.12. The van der Waals surface area contributed by atoms with Crippen LogP contribution in [0.3, 0.4) is 0 Å². The molecular formula is C16H16FNO2. The number of aromatic hydroxyl groups is 1. The lowest BCUT2D eigenvalue weighted by atomic mass is 10.0. The summed E-state index contributed by atoms with van der Waals surface area (Å²) in [5.74, 6) is -0.517. The average molecular weight is 273 g/mol. The van der Waals surface area contributed by atoms with E-state index in [4.69, 9.17) is 0 Å². The van der Waals surface area contributed by atoms with E-state index in [-0.39, 0.29) is 11.7 Å². The maximum Gasteiger partial charge on any atom is 0.254 e. The van der Waals surface area contributed by atoms with E-state index in [0.29, 0.717) is 16.3 Å². The van der Waals surface area contributed by atoms with Crippen LogP contribution in [-0.2, 0) is 0 Å². The summed E-state index contributed by atoms with van der Waals surface area (Å²) >= 11 is 0. The van der Waals surface area contributed by atoms with Gasteiger partial charge in [-0.15, -0.1) is 0 Å². The maximum atomic E-state index is 13.2. The third-order valence-corrected chi connectivity index (χ3v) is 3.78. The molecule has 1 aliphatic heterocycles. The van der Waals surface area contributed by atoms with Gasteiger partial charge in [0.15, 0.2) is 0 Å². The van der Waals surface area contributed by atoms with Gasteiger partial charge in [0.2, 0.25) is 0 Å². The highest BCUT2D eigenvalue weighted by atomic mass is 19.1. The molecule has 1 heterocycles. The van der Waals surface area contributed by atoms with Crippen molar-refractivity contribution >= 4 is 16.7 Å². The van der Waals surface area contributed by atoms with Crippen LogP contribution in [0.2, 0.25) is 0 Å². The van der Waals surface area contributed by atoms with Crippen molar-refractivity contribution in [3.63, 3.8) is 0 Å². The first-order valence-corrected chi connectivity index (χ1v) is 6.87. The average Bonchev–Trinajstić information content (AvgIpc) is 2.48. The molecule has 1 N–H and O–H groups in total. The van der Waals surface area contributed by atoms with Crippen molar-refractivity contribution < 1.29 is 14.3 Å². The highest BCUT2D eigenvalue weighted by molar-refractivity contribution is 6.00. The zero-order valence-corrected chi connectivity index (χ0v) is 11.1. The summed E-state index contributed by atoms with van der Waals surface area (Å²) in [5.41, 5.74) is 0.462. The van der Waals surface area contributed by atoms with Crippen LogP contribution in [0.5, 0.6) is 5.75 Å². The minimum atomic E-state index is -0.400. The van der Waals surface area contributed by atoms with Gasteiger partial charge in [-0.3, -0.25) is 4.79 Å². The number of benzene rings is 2. The molecule has 1 saturated heterocycles. The quantitative estimate of drug-likeness (QED) is 0.866. The molecule has 0 unspecified atom stereocenters. The molecular weight excluding hydrogens is 257 g/mol. The van der Waals surface area contributed by atoms with Crippen molar-refractivity contribution in [2.24, 2.45) is 0 Å². The predicted molar refractivity (Wildman–Crippen MR) is 75.3 cm³/mol. The molecule has 0 atom stereocenters. The van der Waals surface area contributed by atoms with Crippen molar-refractivity contribution in [3.05, 3.63) is 41.7 Å². The Hall–Kier alpha value is -2.10. The Morgan fingerprint density at radius 1 is 1.10 bits per heavy atom. The molecule has 2 aromatic rings. The summed E-state index contributed by atoms with van der Waals surface area (Å²) in [6.45, 7) is 1.53. The number of nitrogens with zero attached hydrogens (tertiary/aromatic N) is 1. The van der Waals surface area contributed by atoms with E-state index in [9.17, 15) is 14.3 Å². The second-order valence-corrected chi connectivity index (χ2v) is 5.21. The van der Waals surface area contributed by atoms with Crippen LogP contribution in [-0.4, -0.2) is 29.0 Å². The van der Waals surface area contributed by atoms with Gasteiger partial charge in [-0.25, -0.2) is 4.39 Å². The van der Waals surface area contributed by atoms with Crippen molar-refractivity contribution in [2.75, 3.05) is 13.1 Å². The largest absolute Gasteiger partial charge is 0.507 e. The first-order valence-electron chi connectivity index (χ1n) is 6.87. The normalized spacial score (nSPS) is 15.6. The number of piperidine rings is 1. The van der Waals surface area contributed by atoms with Gasteiger partial charge in [0.25, 0.3) is 5.91 Å². The standard InChI is InChI=1S/C16H16FNO2/c17-13-5-4-11-8-12(9-15(19)14(11)10-13)16(20)18-6-2-1-3-7-18/h4-5,8-10,19H,1-3,6-7H2. The van der Waals surface area contributed by atoms with Gasteiger partial charge in [-0.1, -0.05) is 6.07 Å². The van der Waals surface area contributed by atoms with Crippen molar-refractivity contribution in [3.8, 4) is 5.75 Å². The van der Waals surface area contributed by atoms with Crippen LogP contribution >= 0.6 is 0 Å². The molecule has 104 valence electrons. The van der Waals surface area contributed by atoms with Crippen molar-refractivity contribution in [1.29, 1.82) is 0 Å². The van der Waals surface area contributed by atoms with E-state index in [1.165, 1.54) is 18.2 Å². The number of hydrogen-bond donors (Lipinski definition) is 1. The lowest BCUT2D eigenvalue weighted by Gasteiger charge is -2.26. The van der Waals surface area contributed by atoms with E-state index in [1.807, 2.05) is 4.90 Å². The summed E-state index contributed by atoms with van der Waals surface area (Å²) in [6.07, 6.45) is 3.21. The van der Waals surface area contributed by atoms with Crippen LogP contribution < -0.4 is 0 Å². The number of carbonyl (C=O) groups is 1. The number of carbonyl (C=O) groups excluding carboxylic acids is 1. The summed E-state index contributed by atoms with van der Waals surface area (Å²) in [6, 6.07) is 7.33. The van der Waals surface area contributed by atoms with Gasteiger partial charge < -0.3 is 10.0 Å². The number of phenolic OH excluding ortho intramolecular Hbond substituents is 1. The van der Waals surface area contributed by atoms with Crippen LogP contribution in [0.15, 0.2) is 30.3 Å². The Balaban J connectivity index is 1.99. The van der Waals surface area contributed by atoms with E-state index < -0.39 is 5.82 Å². The maximum absolute atomic E-state index is 13.2. The molecule has 1 fully saturated rings. The Morgan fingerprint density at radius 2 is 1.85 bits per heavy atom. The summed E-state index contributed by atoms with van der Waals surface area (Å²) < 4.78 is 13.2. The third kappa shape index (κ3) is 2.33. The van der Waals surface area contributed by atoms with Gasteiger partial charge in [-0.2, -0.15) is 0 Å². The van der Waals surface area contributed by atoms with Gasteiger partial charge >= 0.3 is 0 Å². The van der Waals surface area contributed by atoms with Crippen LogP contribution in [0.4, 0.5) is 4.39 Å². The highest BCUT2D eigenvalue weighted by Crippen LogP contribution is 2.28. The number of amides is 1. The van der Waals surface area contributed by atoms with Gasteiger partial charge in [0.1, 0.15) is 11.6 Å². The molecule has 2 aromatic carbocycles. The molecule has 3 nitrogen and oxygen atoms in total. The SMILES string of the molecule is O=C(c1cc(O)c2cc(F)ccc2c1)N1CCCCC1. The monoisotopic (exact) mass is 273 g/mol. The van der Waals surface area contributed by atoms with Gasteiger partial charge in [-0.05, 0) is 48.9 Å². The number of likely N-dealkylation sites (tertiary alicyclic amines) is 1. The Labute approximate surface area is 116 Å².